The van der Waals surface area contributed by atoms with Crippen LogP contribution in [0.25, 0.3) is 11.6 Å². The van der Waals surface area contributed by atoms with Gasteiger partial charge in [0.15, 0.2) is 5.69 Å². The first-order valence-electron chi connectivity index (χ1n) is 4.87. The fraction of sp³-hybridized carbons (Fsp3) is 0.500. The lowest BCUT2D eigenvalue weighted by atomic mass is 10.3. The van der Waals surface area contributed by atoms with Crippen LogP contribution in [-0.4, -0.2) is 39.4 Å². The van der Waals surface area contributed by atoms with E-state index in [2.05, 4.69) is 25.0 Å². The highest BCUT2D eigenvalue weighted by Gasteiger charge is 2.22. The number of hydrogen-bond donors (Lipinski definition) is 1. The summed E-state index contributed by atoms with van der Waals surface area (Å²) >= 11 is 1.25. The van der Waals surface area contributed by atoms with Crippen LogP contribution < -0.4 is 5.32 Å². The largest absolute Gasteiger partial charge is 0.367 e. The van der Waals surface area contributed by atoms with E-state index < -0.39 is 0 Å². The SMILES string of the molecule is c1snnc1-c1nc(C2CNCCO2)no1. The van der Waals surface area contributed by atoms with Crippen molar-refractivity contribution >= 4 is 11.5 Å². The second kappa shape index (κ2) is 4.24. The molecule has 0 radical (unpaired) electrons. The smallest absolute Gasteiger partial charge is 0.279 e. The molecule has 1 fully saturated rings. The zero-order chi connectivity index (χ0) is 10.8. The van der Waals surface area contributed by atoms with E-state index in [0.717, 1.165) is 6.54 Å². The Morgan fingerprint density at radius 1 is 1.50 bits per heavy atom. The van der Waals surface area contributed by atoms with Crippen molar-refractivity contribution in [3.05, 3.63) is 11.2 Å². The maximum absolute atomic E-state index is 5.51. The van der Waals surface area contributed by atoms with Crippen LogP contribution in [-0.2, 0) is 4.74 Å². The molecule has 8 heteroatoms. The van der Waals surface area contributed by atoms with Gasteiger partial charge in [-0.2, -0.15) is 4.98 Å². The summed E-state index contributed by atoms with van der Waals surface area (Å²) in [5.74, 6) is 0.938. The average molecular weight is 239 g/mol. The lowest BCUT2D eigenvalue weighted by Gasteiger charge is -2.20. The Morgan fingerprint density at radius 3 is 3.25 bits per heavy atom. The average Bonchev–Trinajstić information content (AvgIpc) is 3.01. The maximum Gasteiger partial charge on any atom is 0.279 e. The van der Waals surface area contributed by atoms with Gasteiger partial charge in [0.05, 0.1) is 6.61 Å². The summed E-state index contributed by atoms with van der Waals surface area (Å²) in [5, 5.41) is 12.7. The van der Waals surface area contributed by atoms with Gasteiger partial charge in [-0.1, -0.05) is 9.64 Å². The number of morpholine rings is 1. The van der Waals surface area contributed by atoms with Gasteiger partial charge >= 0.3 is 0 Å². The Bertz CT molecular complexity index is 451. The van der Waals surface area contributed by atoms with Crippen molar-refractivity contribution in [3.8, 4) is 11.6 Å². The molecule has 3 heterocycles. The van der Waals surface area contributed by atoms with E-state index in [-0.39, 0.29) is 6.10 Å². The normalized spacial score (nSPS) is 21.1. The molecule has 0 spiro atoms. The van der Waals surface area contributed by atoms with Crippen LogP contribution in [0.3, 0.4) is 0 Å². The molecule has 0 saturated carbocycles. The van der Waals surface area contributed by atoms with Crippen LogP contribution in [0.2, 0.25) is 0 Å². The third-order valence-electron chi connectivity index (χ3n) is 2.24. The molecule has 1 N–H and O–H groups in total. The number of rotatable bonds is 2. The lowest BCUT2D eigenvalue weighted by Crippen LogP contribution is -2.33. The summed E-state index contributed by atoms with van der Waals surface area (Å²) in [6, 6.07) is 0. The van der Waals surface area contributed by atoms with Crippen molar-refractivity contribution in [3.63, 3.8) is 0 Å². The van der Waals surface area contributed by atoms with Gasteiger partial charge in [-0.3, -0.25) is 0 Å². The van der Waals surface area contributed by atoms with E-state index in [4.69, 9.17) is 9.26 Å². The molecule has 1 unspecified atom stereocenters. The maximum atomic E-state index is 5.51. The van der Waals surface area contributed by atoms with Crippen LogP contribution in [0.15, 0.2) is 9.90 Å². The molecule has 1 saturated heterocycles. The van der Waals surface area contributed by atoms with Gasteiger partial charge < -0.3 is 14.6 Å². The predicted molar refractivity (Wildman–Crippen MR) is 54.8 cm³/mol. The summed E-state index contributed by atoms with van der Waals surface area (Å²) in [6.45, 7) is 2.22. The number of nitrogens with one attached hydrogen (secondary N) is 1. The first-order chi connectivity index (χ1) is 7.93. The van der Waals surface area contributed by atoms with Crippen molar-refractivity contribution in [1.82, 2.24) is 25.0 Å². The van der Waals surface area contributed by atoms with Crippen molar-refractivity contribution in [1.29, 1.82) is 0 Å². The Hall–Kier alpha value is -1.38. The fourth-order valence-electron chi connectivity index (χ4n) is 1.46. The molecule has 1 aliphatic rings. The number of hydrogen-bond acceptors (Lipinski definition) is 8. The molecular weight excluding hydrogens is 230 g/mol. The molecule has 3 rings (SSSR count). The second-order valence-corrected chi connectivity index (χ2v) is 3.92. The number of ether oxygens (including phenoxy) is 1. The minimum Gasteiger partial charge on any atom is -0.367 e. The van der Waals surface area contributed by atoms with E-state index in [0.29, 0.717) is 30.6 Å². The summed E-state index contributed by atoms with van der Waals surface area (Å²) in [5.41, 5.74) is 0.604. The van der Waals surface area contributed by atoms with Crippen molar-refractivity contribution in [2.45, 2.75) is 6.10 Å². The summed E-state index contributed by atoms with van der Waals surface area (Å²) in [7, 11) is 0. The fourth-order valence-corrected chi connectivity index (χ4v) is 1.89. The molecule has 2 aromatic rings. The number of aromatic nitrogens is 4. The molecule has 1 atom stereocenters. The summed E-state index contributed by atoms with van der Waals surface area (Å²) in [4.78, 5) is 4.24. The lowest BCUT2D eigenvalue weighted by molar-refractivity contribution is 0.0208. The molecule has 0 amide bonds. The second-order valence-electron chi connectivity index (χ2n) is 3.31. The zero-order valence-electron chi connectivity index (χ0n) is 8.29. The van der Waals surface area contributed by atoms with E-state index in [1.54, 1.807) is 5.38 Å². The first-order valence-corrected chi connectivity index (χ1v) is 5.70. The molecule has 0 aliphatic carbocycles. The Balaban J connectivity index is 1.82. The van der Waals surface area contributed by atoms with Gasteiger partial charge in [0.1, 0.15) is 6.10 Å². The monoisotopic (exact) mass is 239 g/mol. The van der Waals surface area contributed by atoms with E-state index in [9.17, 15) is 0 Å². The van der Waals surface area contributed by atoms with Gasteiger partial charge in [0, 0.05) is 18.5 Å². The molecule has 2 aromatic heterocycles. The van der Waals surface area contributed by atoms with E-state index >= 15 is 0 Å². The molecule has 84 valence electrons. The number of nitrogens with zero attached hydrogens (tertiary/aromatic N) is 4. The summed E-state index contributed by atoms with van der Waals surface area (Å²) in [6.07, 6.45) is -0.141. The third kappa shape index (κ3) is 1.82. The van der Waals surface area contributed by atoms with Crippen molar-refractivity contribution < 1.29 is 9.26 Å². The topological polar surface area (TPSA) is 86.0 Å². The van der Waals surface area contributed by atoms with Gasteiger partial charge in [-0.25, -0.2) is 0 Å². The van der Waals surface area contributed by atoms with Gasteiger partial charge in [-0.05, 0) is 11.5 Å². The highest BCUT2D eigenvalue weighted by molar-refractivity contribution is 7.03. The van der Waals surface area contributed by atoms with Crippen LogP contribution in [0, 0.1) is 0 Å². The quantitative estimate of drug-likeness (QED) is 0.803. The molecular formula is C8H9N5O2S. The van der Waals surface area contributed by atoms with Crippen molar-refractivity contribution in [2.75, 3.05) is 19.7 Å². The third-order valence-corrected chi connectivity index (χ3v) is 2.74. The molecule has 1 aliphatic heterocycles. The van der Waals surface area contributed by atoms with Crippen LogP contribution in [0.5, 0.6) is 0 Å². The molecule has 0 bridgehead atoms. The first kappa shape index (κ1) is 9.82. The predicted octanol–water partition coefficient (Wildman–Crippen LogP) is 0.249. The van der Waals surface area contributed by atoms with E-state index in [1.165, 1.54) is 11.5 Å². The standard InChI is InChI=1S/C8H9N5O2S/c1-2-14-6(3-9-1)7-10-8(15-12-7)5-4-16-13-11-5/h4,6,9H,1-3H2. The minimum atomic E-state index is -0.141. The molecule has 0 aromatic carbocycles. The van der Waals surface area contributed by atoms with E-state index in [1.807, 2.05) is 0 Å². The minimum absolute atomic E-state index is 0.141. The highest BCUT2D eigenvalue weighted by atomic mass is 32.1. The molecule has 7 nitrogen and oxygen atoms in total. The highest BCUT2D eigenvalue weighted by Crippen LogP contribution is 2.20. The van der Waals surface area contributed by atoms with Gasteiger partial charge in [0.25, 0.3) is 5.89 Å². The van der Waals surface area contributed by atoms with Gasteiger partial charge in [0.2, 0.25) is 5.82 Å². The molecule has 16 heavy (non-hydrogen) atoms. The zero-order valence-corrected chi connectivity index (χ0v) is 9.11. The Labute approximate surface area is 95.0 Å². The van der Waals surface area contributed by atoms with Crippen LogP contribution >= 0.6 is 11.5 Å². The van der Waals surface area contributed by atoms with Crippen molar-refractivity contribution in [2.24, 2.45) is 0 Å². The van der Waals surface area contributed by atoms with Crippen LogP contribution in [0.4, 0.5) is 0 Å². The Kier molecular flexibility index (Phi) is 2.60. The van der Waals surface area contributed by atoms with Gasteiger partial charge in [-0.15, -0.1) is 5.10 Å². The Morgan fingerprint density at radius 2 is 2.50 bits per heavy atom. The summed E-state index contributed by atoms with van der Waals surface area (Å²) < 4.78 is 14.4. The van der Waals surface area contributed by atoms with Crippen LogP contribution in [0.1, 0.15) is 11.9 Å².